The molecule has 1 N–H and O–H groups in total. The predicted octanol–water partition coefficient (Wildman–Crippen LogP) is 4.92. The van der Waals surface area contributed by atoms with Gasteiger partial charge in [0.05, 0.1) is 14.2 Å². The summed E-state index contributed by atoms with van der Waals surface area (Å²) in [6.07, 6.45) is 0.970. The minimum absolute atomic E-state index is 0.0992. The quantitative estimate of drug-likeness (QED) is 0.775. The molecule has 0 aliphatic rings. The van der Waals surface area contributed by atoms with Crippen molar-refractivity contribution < 1.29 is 9.47 Å². The van der Waals surface area contributed by atoms with Crippen LogP contribution >= 0.6 is 0 Å². The second kappa shape index (κ2) is 8.39. The molecule has 3 heteroatoms. The zero-order valence-electron chi connectivity index (χ0n) is 16.3. The second-order valence-electron chi connectivity index (χ2n) is 7.51. The maximum Gasteiger partial charge on any atom is 0.122 e. The summed E-state index contributed by atoms with van der Waals surface area (Å²) in [5.41, 5.74) is 3.74. The van der Waals surface area contributed by atoms with Crippen LogP contribution in [0, 0.1) is 6.92 Å². The number of aryl methyl sites for hydroxylation is 1. The molecule has 136 valence electrons. The second-order valence-corrected chi connectivity index (χ2v) is 7.51. The first-order chi connectivity index (χ1) is 11.9. The van der Waals surface area contributed by atoms with E-state index in [0.717, 1.165) is 24.5 Å². The topological polar surface area (TPSA) is 30.5 Å². The van der Waals surface area contributed by atoms with Crippen molar-refractivity contribution in [2.24, 2.45) is 0 Å². The van der Waals surface area contributed by atoms with Crippen molar-refractivity contribution in [3.8, 4) is 11.5 Å². The zero-order chi connectivity index (χ0) is 18.4. The van der Waals surface area contributed by atoms with Crippen molar-refractivity contribution in [3.05, 3.63) is 59.2 Å². The summed E-state index contributed by atoms with van der Waals surface area (Å²) in [6, 6.07) is 14.7. The fourth-order valence-electron chi connectivity index (χ4n) is 3.15. The number of para-hydroxylation sites is 1. The van der Waals surface area contributed by atoms with Gasteiger partial charge in [-0.2, -0.15) is 0 Å². The third-order valence-corrected chi connectivity index (χ3v) is 4.36. The highest BCUT2D eigenvalue weighted by molar-refractivity contribution is 5.48. The lowest BCUT2D eigenvalue weighted by Gasteiger charge is -2.26. The number of nitrogens with one attached hydrogen (secondary N) is 1. The zero-order valence-corrected chi connectivity index (χ0v) is 16.3. The molecule has 0 fully saturated rings. The molecular formula is C22H31NO2. The predicted molar refractivity (Wildman–Crippen MR) is 105 cm³/mol. The molecular weight excluding hydrogens is 310 g/mol. The molecule has 0 aromatic heterocycles. The van der Waals surface area contributed by atoms with E-state index in [4.69, 9.17) is 9.47 Å². The molecule has 3 nitrogen and oxygen atoms in total. The summed E-state index contributed by atoms with van der Waals surface area (Å²) >= 11 is 0. The molecule has 0 bridgehead atoms. The van der Waals surface area contributed by atoms with Gasteiger partial charge in [-0.15, -0.1) is 0 Å². The number of methoxy groups -OCH3 is 2. The Kier molecular flexibility index (Phi) is 6.49. The first-order valence-electron chi connectivity index (χ1n) is 8.88. The van der Waals surface area contributed by atoms with E-state index < -0.39 is 0 Å². The maximum absolute atomic E-state index is 5.66. The van der Waals surface area contributed by atoms with Gasteiger partial charge in [0, 0.05) is 22.6 Å². The standard InChI is InChI=1S/C22H31NO2/c1-16-11-12-21(25-6)19(15-16)17(13-14-23-22(2,3)4)18-9-7-8-10-20(18)24-5/h7-12,15,17,23H,13-14H2,1-6H3. The monoisotopic (exact) mass is 341 g/mol. The average Bonchev–Trinajstić information content (AvgIpc) is 2.58. The Morgan fingerprint density at radius 1 is 0.920 bits per heavy atom. The van der Waals surface area contributed by atoms with Crippen molar-refractivity contribution in [2.75, 3.05) is 20.8 Å². The molecule has 2 rings (SSSR count). The molecule has 0 aliphatic heterocycles. The summed E-state index contributed by atoms with van der Waals surface area (Å²) < 4.78 is 11.3. The van der Waals surface area contributed by atoms with Crippen LogP contribution in [0.5, 0.6) is 11.5 Å². The molecule has 25 heavy (non-hydrogen) atoms. The highest BCUT2D eigenvalue weighted by Gasteiger charge is 2.22. The Hall–Kier alpha value is -2.00. The van der Waals surface area contributed by atoms with Gasteiger partial charge in [0.1, 0.15) is 11.5 Å². The van der Waals surface area contributed by atoms with Gasteiger partial charge in [0.2, 0.25) is 0 Å². The molecule has 0 heterocycles. The van der Waals surface area contributed by atoms with Crippen LogP contribution in [-0.2, 0) is 0 Å². The van der Waals surface area contributed by atoms with Crippen molar-refractivity contribution in [3.63, 3.8) is 0 Å². The van der Waals surface area contributed by atoms with Gasteiger partial charge in [-0.25, -0.2) is 0 Å². The summed E-state index contributed by atoms with van der Waals surface area (Å²) in [6.45, 7) is 9.62. The van der Waals surface area contributed by atoms with Gasteiger partial charge in [0.15, 0.2) is 0 Å². The highest BCUT2D eigenvalue weighted by atomic mass is 16.5. The first-order valence-corrected chi connectivity index (χ1v) is 8.88. The Morgan fingerprint density at radius 2 is 1.56 bits per heavy atom. The van der Waals surface area contributed by atoms with Gasteiger partial charge in [0.25, 0.3) is 0 Å². The van der Waals surface area contributed by atoms with Gasteiger partial charge >= 0.3 is 0 Å². The third kappa shape index (κ3) is 5.23. The van der Waals surface area contributed by atoms with Crippen LogP contribution in [0.15, 0.2) is 42.5 Å². The molecule has 1 atom stereocenters. The Labute approximate surface area is 152 Å². The van der Waals surface area contributed by atoms with Gasteiger partial charge in [-0.1, -0.05) is 35.9 Å². The Morgan fingerprint density at radius 3 is 2.20 bits per heavy atom. The molecule has 0 saturated heterocycles. The van der Waals surface area contributed by atoms with Gasteiger partial charge < -0.3 is 14.8 Å². The van der Waals surface area contributed by atoms with Crippen molar-refractivity contribution >= 4 is 0 Å². The lowest BCUT2D eigenvalue weighted by Crippen LogP contribution is -2.37. The number of rotatable bonds is 7. The van der Waals surface area contributed by atoms with E-state index in [9.17, 15) is 0 Å². The molecule has 1 unspecified atom stereocenters. The minimum Gasteiger partial charge on any atom is -0.496 e. The SMILES string of the molecule is COc1ccccc1C(CCNC(C)(C)C)c1cc(C)ccc1OC. The smallest absolute Gasteiger partial charge is 0.122 e. The Balaban J connectivity index is 2.44. The summed E-state index contributed by atoms with van der Waals surface area (Å²) in [4.78, 5) is 0. The van der Waals surface area contributed by atoms with E-state index in [1.165, 1.54) is 16.7 Å². The molecule has 2 aromatic rings. The number of hydrogen-bond donors (Lipinski definition) is 1. The minimum atomic E-state index is 0.0992. The summed E-state index contributed by atoms with van der Waals surface area (Å²) in [5.74, 6) is 2.06. The number of hydrogen-bond acceptors (Lipinski definition) is 3. The normalized spacial score (nSPS) is 12.7. The van der Waals surface area contributed by atoms with Gasteiger partial charge in [-0.05, 0) is 52.8 Å². The lowest BCUT2D eigenvalue weighted by atomic mass is 9.86. The van der Waals surface area contributed by atoms with E-state index in [1.54, 1.807) is 14.2 Å². The molecule has 2 aromatic carbocycles. The number of benzene rings is 2. The molecule has 0 radical (unpaired) electrons. The molecule has 0 spiro atoms. The van der Waals surface area contributed by atoms with Crippen LogP contribution in [0.1, 0.15) is 49.8 Å². The van der Waals surface area contributed by atoms with Crippen LogP contribution in [0.4, 0.5) is 0 Å². The summed E-state index contributed by atoms with van der Waals surface area (Å²) in [5, 5.41) is 3.60. The highest BCUT2D eigenvalue weighted by Crippen LogP contribution is 2.38. The lowest BCUT2D eigenvalue weighted by molar-refractivity contribution is 0.389. The van der Waals surface area contributed by atoms with Crippen LogP contribution in [0.25, 0.3) is 0 Å². The van der Waals surface area contributed by atoms with Gasteiger partial charge in [-0.3, -0.25) is 0 Å². The van der Waals surface area contributed by atoms with E-state index in [0.29, 0.717) is 0 Å². The average molecular weight is 341 g/mol. The van der Waals surface area contributed by atoms with E-state index >= 15 is 0 Å². The third-order valence-electron chi connectivity index (χ3n) is 4.36. The summed E-state index contributed by atoms with van der Waals surface area (Å²) in [7, 11) is 3.47. The van der Waals surface area contributed by atoms with Crippen molar-refractivity contribution in [2.45, 2.75) is 45.6 Å². The molecule has 0 saturated carbocycles. The fourth-order valence-corrected chi connectivity index (χ4v) is 3.15. The molecule has 0 aliphatic carbocycles. The van der Waals surface area contributed by atoms with E-state index in [-0.39, 0.29) is 11.5 Å². The van der Waals surface area contributed by atoms with Crippen LogP contribution in [-0.4, -0.2) is 26.3 Å². The Bertz CT molecular complexity index is 689. The van der Waals surface area contributed by atoms with Crippen LogP contribution in [0.2, 0.25) is 0 Å². The van der Waals surface area contributed by atoms with Crippen LogP contribution in [0.3, 0.4) is 0 Å². The fraction of sp³-hybridized carbons (Fsp3) is 0.455. The first kappa shape index (κ1) is 19.3. The van der Waals surface area contributed by atoms with Crippen molar-refractivity contribution in [1.29, 1.82) is 0 Å². The largest absolute Gasteiger partial charge is 0.496 e. The number of ether oxygens (including phenoxy) is 2. The van der Waals surface area contributed by atoms with Crippen LogP contribution < -0.4 is 14.8 Å². The maximum atomic E-state index is 5.66. The molecule has 0 amide bonds. The van der Waals surface area contributed by atoms with E-state index in [1.807, 2.05) is 12.1 Å². The van der Waals surface area contributed by atoms with Crippen molar-refractivity contribution in [1.82, 2.24) is 5.32 Å². The van der Waals surface area contributed by atoms with E-state index in [2.05, 4.69) is 63.3 Å².